The van der Waals surface area contributed by atoms with Crippen LogP contribution in [0.1, 0.15) is 36.5 Å². The van der Waals surface area contributed by atoms with Crippen LogP contribution in [0.5, 0.6) is 11.5 Å². The van der Waals surface area contributed by atoms with Crippen LogP contribution < -0.4 is 5.32 Å². The first-order valence-corrected chi connectivity index (χ1v) is 5.90. The second-order valence-electron chi connectivity index (χ2n) is 4.69. The first-order chi connectivity index (χ1) is 8.06. The van der Waals surface area contributed by atoms with Crippen LogP contribution in [-0.2, 0) is 0 Å². The largest absolute Gasteiger partial charge is 0.508 e. The van der Waals surface area contributed by atoms with Gasteiger partial charge in [-0.05, 0) is 37.8 Å². The standard InChI is InChI=1S/C13H17NO3/c1-8(9-3-2-4-9)14-13(17)10-5-11(15)7-12(16)6-10/h5-9,15-16H,2-4H2,1H3,(H,14,17). The highest BCUT2D eigenvalue weighted by Crippen LogP contribution is 2.29. The number of phenols is 2. The van der Waals surface area contributed by atoms with Crippen molar-refractivity contribution in [1.82, 2.24) is 5.32 Å². The Morgan fingerprint density at radius 3 is 2.35 bits per heavy atom. The second-order valence-corrected chi connectivity index (χ2v) is 4.69. The SMILES string of the molecule is CC(NC(=O)c1cc(O)cc(O)c1)C1CCC1. The minimum absolute atomic E-state index is 0.105. The zero-order valence-corrected chi connectivity index (χ0v) is 9.81. The summed E-state index contributed by atoms with van der Waals surface area (Å²) in [5.74, 6) is 0.0957. The average Bonchev–Trinajstić information content (AvgIpc) is 2.12. The maximum absolute atomic E-state index is 11.9. The highest BCUT2D eigenvalue weighted by molar-refractivity contribution is 5.95. The molecule has 4 heteroatoms. The molecule has 1 amide bonds. The molecular weight excluding hydrogens is 218 g/mol. The maximum Gasteiger partial charge on any atom is 0.251 e. The van der Waals surface area contributed by atoms with Crippen LogP contribution >= 0.6 is 0 Å². The summed E-state index contributed by atoms with van der Waals surface area (Å²) in [6.45, 7) is 1.99. The minimum atomic E-state index is -0.254. The predicted octanol–water partition coefficient (Wildman–Crippen LogP) is 2.02. The first kappa shape index (κ1) is 11.8. The van der Waals surface area contributed by atoms with Gasteiger partial charge < -0.3 is 15.5 Å². The van der Waals surface area contributed by atoms with Gasteiger partial charge in [0.15, 0.2) is 0 Å². The summed E-state index contributed by atoms with van der Waals surface area (Å²) < 4.78 is 0. The van der Waals surface area contributed by atoms with E-state index in [1.807, 2.05) is 6.92 Å². The van der Waals surface area contributed by atoms with Crippen molar-refractivity contribution in [3.8, 4) is 11.5 Å². The fraction of sp³-hybridized carbons (Fsp3) is 0.462. The zero-order chi connectivity index (χ0) is 12.4. The van der Waals surface area contributed by atoms with Crippen LogP contribution in [0.2, 0.25) is 0 Å². The lowest BCUT2D eigenvalue weighted by atomic mass is 9.80. The van der Waals surface area contributed by atoms with E-state index in [0.717, 1.165) is 12.8 Å². The molecule has 1 unspecified atom stereocenters. The molecule has 0 saturated heterocycles. The van der Waals surface area contributed by atoms with E-state index in [0.29, 0.717) is 5.92 Å². The van der Waals surface area contributed by atoms with Crippen molar-refractivity contribution in [2.45, 2.75) is 32.2 Å². The Bertz CT molecular complexity index is 406. The van der Waals surface area contributed by atoms with Gasteiger partial charge in [-0.25, -0.2) is 0 Å². The van der Waals surface area contributed by atoms with Crippen LogP contribution in [0, 0.1) is 5.92 Å². The molecule has 0 heterocycles. The van der Waals surface area contributed by atoms with Gasteiger partial charge in [0.25, 0.3) is 5.91 Å². The number of aromatic hydroxyl groups is 2. The lowest BCUT2D eigenvalue weighted by molar-refractivity contribution is 0.0908. The van der Waals surface area contributed by atoms with E-state index in [4.69, 9.17) is 0 Å². The average molecular weight is 235 g/mol. The molecule has 0 aliphatic heterocycles. The van der Waals surface area contributed by atoms with Crippen LogP contribution in [0.25, 0.3) is 0 Å². The number of nitrogens with one attached hydrogen (secondary N) is 1. The lowest BCUT2D eigenvalue weighted by Crippen LogP contribution is -2.40. The van der Waals surface area contributed by atoms with Gasteiger partial charge in [-0.3, -0.25) is 4.79 Å². The summed E-state index contributed by atoms with van der Waals surface area (Å²) in [6, 6.07) is 4.04. The van der Waals surface area contributed by atoms with Gasteiger partial charge in [0, 0.05) is 17.7 Å². The molecule has 1 aromatic rings. The number of amides is 1. The molecule has 0 radical (unpaired) electrons. The van der Waals surface area contributed by atoms with Crippen molar-refractivity contribution < 1.29 is 15.0 Å². The van der Waals surface area contributed by atoms with E-state index in [9.17, 15) is 15.0 Å². The van der Waals surface area contributed by atoms with E-state index in [-0.39, 0.29) is 29.0 Å². The summed E-state index contributed by atoms with van der Waals surface area (Å²) in [5, 5.41) is 21.5. The van der Waals surface area contributed by atoms with Gasteiger partial charge in [-0.15, -0.1) is 0 Å². The minimum Gasteiger partial charge on any atom is -0.508 e. The Labute approximate surface area is 100 Å². The number of benzene rings is 1. The molecule has 4 nitrogen and oxygen atoms in total. The third kappa shape index (κ3) is 2.70. The van der Waals surface area contributed by atoms with Crippen LogP contribution in [0.3, 0.4) is 0 Å². The van der Waals surface area contributed by atoms with Gasteiger partial charge in [0.1, 0.15) is 11.5 Å². The Morgan fingerprint density at radius 1 is 1.29 bits per heavy atom. The first-order valence-electron chi connectivity index (χ1n) is 5.90. The number of hydrogen-bond acceptors (Lipinski definition) is 3. The Hall–Kier alpha value is -1.71. The summed E-state index contributed by atoms with van der Waals surface area (Å²) in [5.41, 5.74) is 0.286. The van der Waals surface area contributed by atoms with Gasteiger partial charge in [0.2, 0.25) is 0 Å². The summed E-state index contributed by atoms with van der Waals surface area (Å²) >= 11 is 0. The monoisotopic (exact) mass is 235 g/mol. The number of rotatable bonds is 3. The molecule has 1 fully saturated rings. The third-order valence-electron chi connectivity index (χ3n) is 3.38. The Balaban J connectivity index is 2.03. The zero-order valence-electron chi connectivity index (χ0n) is 9.81. The topological polar surface area (TPSA) is 69.6 Å². The quantitative estimate of drug-likeness (QED) is 0.750. The Kier molecular flexibility index (Phi) is 3.22. The summed E-state index contributed by atoms with van der Waals surface area (Å²) in [4.78, 5) is 11.9. The molecule has 2 rings (SSSR count). The van der Waals surface area contributed by atoms with Crippen LogP contribution in [0.15, 0.2) is 18.2 Å². The van der Waals surface area contributed by atoms with E-state index >= 15 is 0 Å². The van der Waals surface area contributed by atoms with Crippen LogP contribution in [0.4, 0.5) is 0 Å². The van der Waals surface area contributed by atoms with E-state index < -0.39 is 0 Å². The molecule has 1 aromatic carbocycles. The fourth-order valence-electron chi connectivity index (χ4n) is 2.07. The number of carbonyl (C=O) groups excluding carboxylic acids is 1. The normalized spacial score (nSPS) is 17.2. The molecule has 1 atom stereocenters. The molecule has 17 heavy (non-hydrogen) atoms. The molecule has 1 aliphatic carbocycles. The van der Waals surface area contributed by atoms with Crippen LogP contribution in [-0.4, -0.2) is 22.2 Å². The van der Waals surface area contributed by atoms with Gasteiger partial charge >= 0.3 is 0 Å². The number of carbonyl (C=O) groups is 1. The molecular formula is C13H17NO3. The van der Waals surface area contributed by atoms with Crippen molar-refractivity contribution in [3.05, 3.63) is 23.8 Å². The summed E-state index contributed by atoms with van der Waals surface area (Å²) in [6.07, 6.45) is 3.55. The van der Waals surface area contributed by atoms with Gasteiger partial charge in [-0.2, -0.15) is 0 Å². The van der Waals surface area contributed by atoms with Crippen molar-refractivity contribution in [1.29, 1.82) is 0 Å². The number of hydrogen-bond donors (Lipinski definition) is 3. The molecule has 1 aliphatic rings. The predicted molar refractivity (Wildman–Crippen MR) is 64.0 cm³/mol. The van der Waals surface area contributed by atoms with Crippen molar-refractivity contribution in [2.24, 2.45) is 5.92 Å². The summed E-state index contributed by atoms with van der Waals surface area (Å²) in [7, 11) is 0. The van der Waals surface area contributed by atoms with E-state index in [1.165, 1.54) is 24.6 Å². The lowest BCUT2D eigenvalue weighted by Gasteiger charge is -2.31. The molecule has 0 aromatic heterocycles. The smallest absolute Gasteiger partial charge is 0.251 e. The Morgan fingerprint density at radius 2 is 1.88 bits per heavy atom. The van der Waals surface area contributed by atoms with Crippen molar-refractivity contribution in [3.63, 3.8) is 0 Å². The van der Waals surface area contributed by atoms with Crippen molar-refractivity contribution >= 4 is 5.91 Å². The van der Waals surface area contributed by atoms with E-state index in [2.05, 4.69) is 5.32 Å². The van der Waals surface area contributed by atoms with Gasteiger partial charge in [0.05, 0.1) is 0 Å². The molecule has 1 saturated carbocycles. The highest BCUT2D eigenvalue weighted by Gasteiger charge is 2.25. The fourth-order valence-corrected chi connectivity index (χ4v) is 2.07. The third-order valence-corrected chi connectivity index (χ3v) is 3.38. The second kappa shape index (κ2) is 4.65. The molecule has 92 valence electrons. The molecule has 0 bridgehead atoms. The highest BCUT2D eigenvalue weighted by atomic mass is 16.3. The van der Waals surface area contributed by atoms with Crippen molar-refractivity contribution in [2.75, 3.05) is 0 Å². The maximum atomic E-state index is 11.9. The molecule has 0 spiro atoms. The van der Waals surface area contributed by atoms with Gasteiger partial charge in [-0.1, -0.05) is 6.42 Å². The van der Waals surface area contributed by atoms with E-state index in [1.54, 1.807) is 0 Å². The number of phenolic OH excluding ortho intramolecular Hbond substituents is 2. The molecule has 3 N–H and O–H groups in total.